The van der Waals surface area contributed by atoms with Crippen molar-refractivity contribution in [1.29, 1.82) is 0 Å². The molecule has 2 rings (SSSR count). The monoisotopic (exact) mass is 208 g/mol. The van der Waals surface area contributed by atoms with Gasteiger partial charge in [0, 0.05) is 0 Å². The van der Waals surface area contributed by atoms with E-state index < -0.39 is 5.97 Å². The molecule has 0 amide bonds. The van der Waals surface area contributed by atoms with E-state index in [0.717, 1.165) is 5.56 Å². The maximum atomic E-state index is 10.8. The van der Waals surface area contributed by atoms with Crippen LogP contribution in [-0.2, 0) is 4.74 Å². The lowest BCUT2D eigenvalue weighted by Gasteiger charge is -2.26. The fourth-order valence-electron chi connectivity index (χ4n) is 1.41. The van der Waals surface area contributed by atoms with Gasteiger partial charge in [-0.15, -0.1) is 0 Å². The zero-order valence-electron chi connectivity index (χ0n) is 8.40. The molecule has 1 fully saturated rings. The van der Waals surface area contributed by atoms with Crippen LogP contribution in [-0.4, -0.2) is 30.4 Å². The van der Waals surface area contributed by atoms with E-state index in [4.69, 9.17) is 14.6 Å². The molecule has 0 atom stereocenters. The van der Waals surface area contributed by atoms with Crippen LogP contribution in [0.3, 0.4) is 0 Å². The molecule has 1 saturated heterocycles. The minimum atomic E-state index is -0.937. The fraction of sp³-hybridized carbons (Fsp3) is 0.364. The van der Waals surface area contributed by atoms with E-state index in [-0.39, 0.29) is 11.7 Å². The Morgan fingerprint density at radius 1 is 1.47 bits per heavy atom. The third-order valence-corrected chi connectivity index (χ3v) is 2.21. The first-order valence-corrected chi connectivity index (χ1v) is 4.74. The summed E-state index contributed by atoms with van der Waals surface area (Å²) in [6.07, 6.45) is 0.0634. The van der Waals surface area contributed by atoms with Crippen molar-refractivity contribution in [2.75, 3.05) is 13.2 Å². The van der Waals surface area contributed by atoms with Gasteiger partial charge in [0.05, 0.1) is 18.8 Å². The highest BCUT2D eigenvalue weighted by Crippen LogP contribution is 2.20. The summed E-state index contributed by atoms with van der Waals surface area (Å²) in [6.45, 7) is 3.00. The Bertz CT molecular complexity index is 382. The van der Waals surface area contributed by atoms with Crippen LogP contribution in [0, 0.1) is 6.92 Å². The van der Waals surface area contributed by atoms with Gasteiger partial charge in [0.25, 0.3) is 0 Å². The number of aromatic carboxylic acids is 1. The molecule has 0 aliphatic carbocycles. The van der Waals surface area contributed by atoms with Gasteiger partial charge in [-0.3, -0.25) is 0 Å². The molecule has 1 aliphatic rings. The van der Waals surface area contributed by atoms with Crippen LogP contribution >= 0.6 is 0 Å². The fourth-order valence-corrected chi connectivity index (χ4v) is 1.41. The number of hydrogen-bond acceptors (Lipinski definition) is 3. The van der Waals surface area contributed by atoms with Crippen LogP contribution in [0.4, 0.5) is 0 Å². The number of rotatable bonds is 3. The Hall–Kier alpha value is -1.55. The second kappa shape index (κ2) is 3.90. The molecule has 4 heteroatoms. The predicted molar refractivity (Wildman–Crippen MR) is 53.4 cm³/mol. The Labute approximate surface area is 87.4 Å². The van der Waals surface area contributed by atoms with Crippen LogP contribution in [0.2, 0.25) is 0 Å². The number of benzene rings is 1. The molecule has 0 radical (unpaired) electrons. The van der Waals surface area contributed by atoms with Crippen LogP contribution < -0.4 is 4.74 Å². The molecular formula is C11H12O4. The quantitative estimate of drug-likeness (QED) is 0.817. The Morgan fingerprint density at radius 3 is 2.73 bits per heavy atom. The van der Waals surface area contributed by atoms with Crippen molar-refractivity contribution < 1.29 is 19.4 Å². The lowest BCUT2D eigenvalue weighted by atomic mass is 10.1. The van der Waals surface area contributed by atoms with Gasteiger partial charge in [0.15, 0.2) is 0 Å². The summed E-state index contributed by atoms with van der Waals surface area (Å²) in [7, 11) is 0. The van der Waals surface area contributed by atoms with Crippen LogP contribution in [0.5, 0.6) is 5.75 Å². The summed E-state index contributed by atoms with van der Waals surface area (Å²) in [5.41, 5.74) is 1.13. The molecule has 1 aromatic carbocycles. The highest BCUT2D eigenvalue weighted by Gasteiger charge is 2.20. The zero-order chi connectivity index (χ0) is 10.8. The summed E-state index contributed by atoms with van der Waals surface area (Å²) in [6, 6.07) is 4.98. The molecule has 0 saturated carbocycles. The standard InChI is InChI=1S/C11H12O4/c1-7-2-8(11(12)13)4-9(3-7)15-10-5-14-6-10/h2-4,10H,5-6H2,1H3,(H,12,13). The van der Waals surface area contributed by atoms with E-state index in [1.165, 1.54) is 6.07 Å². The first-order valence-electron chi connectivity index (χ1n) is 4.74. The summed E-state index contributed by atoms with van der Waals surface area (Å²) in [5, 5.41) is 8.86. The number of aryl methyl sites for hydroxylation is 1. The van der Waals surface area contributed by atoms with Gasteiger partial charge in [-0.05, 0) is 30.7 Å². The first kappa shape index (κ1) is 9.98. The largest absolute Gasteiger partial charge is 0.486 e. The summed E-state index contributed by atoms with van der Waals surface area (Å²) < 4.78 is 10.5. The highest BCUT2D eigenvalue weighted by molar-refractivity contribution is 5.88. The van der Waals surface area contributed by atoms with E-state index >= 15 is 0 Å². The lowest BCUT2D eigenvalue weighted by molar-refractivity contribution is -0.0797. The third-order valence-electron chi connectivity index (χ3n) is 2.21. The van der Waals surface area contributed by atoms with Gasteiger partial charge in [-0.1, -0.05) is 0 Å². The molecule has 0 bridgehead atoms. The van der Waals surface area contributed by atoms with Crippen molar-refractivity contribution in [2.45, 2.75) is 13.0 Å². The van der Waals surface area contributed by atoms with Gasteiger partial charge in [-0.25, -0.2) is 4.79 Å². The molecule has 1 aliphatic heterocycles. The topological polar surface area (TPSA) is 55.8 Å². The van der Waals surface area contributed by atoms with Gasteiger partial charge in [0.1, 0.15) is 11.9 Å². The van der Waals surface area contributed by atoms with E-state index in [9.17, 15) is 4.79 Å². The van der Waals surface area contributed by atoms with Gasteiger partial charge >= 0.3 is 5.97 Å². The second-order valence-corrected chi connectivity index (χ2v) is 3.62. The molecule has 80 valence electrons. The SMILES string of the molecule is Cc1cc(OC2COC2)cc(C(=O)O)c1. The van der Waals surface area contributed by atoms with Crippen molar-refractivity contribution in [3.8, 4) is 5.75 Å². The predicted octanol–water partition coefficient (Wildman–Crippen LogP) is 1.47. The number of carboxylic acid groups (broad SMARTS) is 1. The van der Waals surface area contributed by atoms with E-state index in [1.54, 1.807) is 6.07 Å². The summed E-state index contributed by atoms with van der Waals surface area (Å²) >= 11 is 0. The lowest BCUT2D eigenvalue weighted by Crippen LogP contribution is -2.38. The number of ether oxygens (including phenoxy) is 2. The summed E-state index contributed by atoms with van der Waals surface area (Å²) in [5.74, 6) is -0.339. The van der Waals surface area contributed by atoms with Crippen LogP contribution in [0.15, 0.2) is 18.2 Å². The molecule has 1 N–H and O–H groups in total. The number of hydrogen-bond donors (Lipinski definition) is 1. The Morgan fingerprint density at radius 2 is 2.20 bits per heavy atom. The molecule has 1 aromatic rings. The first-order chi connectivity index (χ1) is 7.15. The van der Waals surface area contributed by atoms with Crippen molar-refractivity contribution in [1.82, 2.24) is 0 Å². The molecular weight excluding hydrogens is 196 g/mol. The number of carboxylic acids is 1. The molecule has 0 unspecified atom stereocenters. The van der Waals surface area contributed by atoms with Gasteiger partial charge in [0.2, 0.25) is 0 Å². The normalized spacial score (nSPS) is 15.8. The van der Waals surface area contributed by atoms with E-state index in [2.05, 4.69) is 0 Å². The van der Waals surface area contributed by atoms with Crippen molar-refractivity contribution in [2.24, 2.45) is 0 Å². The Kier molecular flexibility index (Phi) is 2.60. The van der Waals surface area contributed by atoms with Crippen molar-refractivity contribution in [3.63, 3.8) is 0 Å². The van der Waals surface area contributed by atoms with E-state index in [0.29, 0.717) is 19.0 Å². The third kappa shape index (κ3) is 2.27. The molecule has 0 spiro atoms. The minimum Gasteiger partial charge on any atom is -0.486 e. The Balaban J connectivity index is 2.18. The van der Waals surface area contributed by atoms with Crippen LogP contribution in [0.1, 0.15) is 15.9 Å². The van der Waals surface area contributed by atoms with Crippen molar-refractivity contribution >= 4 is 5.97 Å². The second-order valence-electron chi connectivity index (χ2n) is 3.62. The summed E-state index contributed by atoms with van der Waals surface area (Å²) in [4.78, 5) is 10.8. The maximum absolute atomic E-state index is 10.8. The minimum absolute atomic E-state index is 0.0634. The van der Waals surface area contributed by atoms with Gasteiger partial charge < -0.3 is 14.6 Å². The molecule has 15 heavy (non-hydrogen) atoms. The van der Waals surface area contributed by atoms with Crippen molar-refractivity contribution in [3.05, 3.63) is 29.3 Å². The maximum Gasteiger partial charge on any atom is 0.335 e. The smallest absolute Gasteiger partial charge is 0.335 e. The molecule has 1 heterocycles. The highest BCUT2D eigenvalue weighted by atomic mass is 16.6. The number of carbonyl (C=O) groups is 1. The van der Waals surface area contributed by atoms with E-state index in [1.807, 2.05) is 13.0 Å². The molecule has 4 nitrogen and oxygen atoms in total. The van der Waals surface area contributed by atoms with Crippen LogP contribution in [0.25, 0.3) is 0 Å². The average molecular weight is 208 g/mol. The van der Waals surface area contributed by atoms with Gasteiger partial charge in [-0.2, -0.15) is 0 Å². The zero-order valence-corrected chi connectivity index (χ0v) is 8.40. The average Bonchev–Trinajstić information content (AvgIpc) is 2.10. The molecule has 0 aromatic heterocycles.